The summed E-state index contributed by atoms with van der Waals surface area (Å²) in [6, 6.07) is 8.65. The van der Waals surface area contributed by atoms with Gasteiger partial charge < -0.3 is 0 Å². The Morgan fingerprint density at radius 2 is 1.84 bits per heavy atom. The molecule has 0 aromatic heterocycles. The zero-order valence-electron chi connectivity index (χ0n) is 11.1. The maximum Gasteiger partial charge on any atom is 0.268 e. The zero-order valence-corrected chi connectivity index (χ0v) is 11.9. The molecule has 5 nitrogen and oxygen atoms in total. The van der Waals surface area contributed by atoms with Gasteiger partial charge in [-0.15, -0.1) is 0 Å². The summed E-state index contributed by atoms with van der Waals surface area (Å²) >= 11 is 0. The molecule has 1 aliphatic heterocycles. The van der Waals surface area contributed by atoms with Crippen molar-refractivity contribution in [3.8, 4) is 0 Å². The summed E-state index contributed by atoms with van der Waals surface area (Å²) in [6.45, 7) is 0. The molecule has 104 valence electrons. The van der Waals surface area contributed by atoms with E-state index in [-0.39, 0.29) is 23.5 Å². The first kappa shape index (κ1) is 14.0. The van der Waals surface area contributed by atoms with Crippen molar-refractivity contribution in [2.75, 3.05) is 25.6 Å². The van der Waals surface area contributed by atoms with Gasteiger partial charge in [0.1, 0.15) is 0 Å². The molecular weight excluding hydrogens is 264 g/mol. The maximum absolute atomic E-state index is 12.5. The molecule has 1 amide bonds. The van der Waals surface area contributed by atoms with Crippen LogP contribution >= 0.6 is 0 Å². The smallest absolute Gasteiger partial charge is 0.268 e. The Balaban J connectivity index is 2.25. The summed E-state index contributed by atoms with van der Waals surface area (Å²) in [5.41, 5.74) is 0.570. The van der Waals surface area contributed by atoms with E-state index in [9.17, 15) is 13.2 Å². The molecule has 2 rings (SSSR count). The van der Waals surface area contributed by atoms with Gasteiger partial charge in [-0.2, -0.15) is 0 Å². The molecule has 0 radical (unpaired) electrons. The fraction of sp³-hybridized carbons (Fsp3) is 0.462. The van der Waals surface area contributed by atoms with Crippen LogP contribution < -0.4 is 0 Å². The normalized spacial score (nSPS) is 21.5. The molecule has 19 heavy (non-hydrogen) atoms. The molecule has 1 atom stereocenters. The lowest BCUT2D eigenvalue weighted by Crippen LogP contribution is -2.49. The summed E-state index contributed by atoms with van der Waals surface area (Å²) in [6.07, 6.45) is 0.499. The van der Waals surface area contributed by atoms with Crippen molar-refractivity contribution < 1.29 is 13.2 Å². The number of sulfone groups is 1. The van der Waals surface area contributed by atoms with Crippen LogP contribution in [0.2, 0.25) is 0 Å². The lowest BCUT2D eigenvalue weighted by atomic mass is 10.1. The van der Waals surface area contributed by atoms with Crippen LogP contribution in [0.3, 0.4) is 0 Å². The first-order valence-corrected chi connectivity index (χ1v) is 7.99. The highest BCUT2D eigenvalue weighted by Crippen LogP contribution is 2.20. The maximum atomic E-state index is 12.5. The summed E-state index contributed by atoms with van der Waals surface area (Å²) in [4.78, 5) is 12.5. The van der Waals surface area contributed by atoms with Crippen molar-refractivity contribution in [1.29, 1.82) is 0 Å². The van der Waals surface area contributed by atoms with E-state index in [2.05, 4.69) is 0 Å². The lowest BCUT2D eigenvalue weighted by Gasteiger charge is -2.33. The Morgan fingerprint density at radius 1 is 1.21 bits per heavy atom. The lowest BCUT2D eigenvalue weighted by molar-refractivity contribution is 0.00101. The van der Waals surface area contributed by atoms with Crippen molar-refractivity contribution in [2.24, 2.45) is 0 Å². The molecule has 1 saturated heterocycles. The Labute approximate surface area is 113 Å². The Kier molecular flexibility index (Phi) is 3.91. The van der Waals surface area contributed by atoms with Crippen LogP contribution in [-0.4, -0.2) is 56.0 Å². The monoisotopic (exact) mass is 282 g/mol. The number of rotatable bonds is 3. The van der Waals surface area contributed by atoms with Crippen molar-refractivity contribution in [3.05, 3.63) is 35.9 Å². The molecule has 1 fully saturated rings. The molecule has 0 saturated carbocycles. The minimum Gasteiger partial charge on any atom is -0.268 e. The van der Waals surface area contributed by atoms with E-state index in [4.69, 9.17) is 0 Å². The average molecular weight is 282 g/mol. The molecular formula is C13H18N2O3S. The van der Waals surface area contributed by atoms with E-state index >= 15 is 0 Å². The highest BCUT2D eigenvalue weighted by atomic mass is 32.2. The fourth-order valence-corrected chi connectivity index (χ4v) is 4.05. The molecule has 0 aliphatic carbocycles. The fourth-order valence-electron chi connectivity index (χ4n) is 2.36. The summed E-state index contributed by atoms with van der Waals surface area (Å²) in [5, 5.41) is 3.21. The predicted octanol–water partition coefficient (Wildman–Crippen LogP) is 0.793. The third kappa shape index (κ3) is 3.13. The number of benzene rings is 1. The van der Waals surface area contributed by atoms with Crippen molar-refractivity contribution in [1.82, 2.24) is 10.0 Å². The van der Waals surface area contributed by atoms with E-state index in [1.54, 1.807) is 48.4 Å². The topological polar surface area (TPSA) is 57.7 Å². The highest BCUT2D eigenvalue weighted by Gasteiger charge is 2.36. The number of carbonyl (C=O) groups is 1. The number of hydrazine groups is 1. The van der Waals surface area contributed by atoms with Gasteiger partial charge in [-0.25, -0.2) is 13.4 Å². The second-order valence-electron chi connectivity index (χ2n) is 4.92. The first-order valence-electron chi connectivity index (χ1n) is 6.17. The van der Waals surface area contributed by atoms with Gasteiger partial charge in [-0.05, 0) is 18.6 Å². The van der Waals surface area contributed by atoms with Crippen LogP contribution in [0.1, 0.15) is 16.8 Å². The molecule has 1 aromatic carbocycles. The quantitative estimate of drug-likeness (QED) is 0.769. The Morgan fingerprint density at radius 3 is 2.32 bits per heavy atom. The Bertz CT molecular complexity index is 555. The van der Waals surface area contributed by atoms with E-state index in [1.807, 2.05) is 6.07 Å². The van der Waals surface area contributed by atoms with Crippen LogP contribution in [0, 0.1) is 0 Å². The minimum absolute atomic E-state index is 0.0454. The second-order valence-corrected chi connectivity index (χ2v) is 7.15. The molecule has 0 bridgehead atoms. The van der Waals surface area contributed by atoms with Gasteiger partial charge in [0.25, 0.3) is 5.91 Å². The van der Waals surface area contributed by atoms with Crippen LogP contribution in [0.15, 0.2) is 30.3 Å². The number of hydrogen-bond acceptors (Lipinski definition) is 4. The van der Waals surface area contributed by atoms with Gasteiger partial charge in [0.05, 0.1) is 17.5 Å². The van der Waals surface area contributed by atoms with Crippen LogP contribution in [0.5, 0.6) is 0 Å². The van der Waals surface area contributed by atoms with Gasteiger partial charge in [0.2, 0.25) is 0 Å². The minimum atomic E-state index is -3.01. The molecule has 1 unspecified atom stereocenters. The van der Waals surface area contributed by atoms with E-state index in [0.717, 1.165) is 0 Å². The van der Waals surface area contributed by atoms with Crippen LogP contribution in [0.4, 0.5) is 0 Å². The number of hydrogen-bond donors (Lipinski definition) is 0. The molecule has 1 heterocycles. The number of carbonyl (C=O) groups excluding carboxylic acids is 1. The van der Waals surface area contributed by atoms with Crippen LogP contribution in [0.25, 0.3) is 0 Å². The standard InChI is InChI=1S/C13H18N2O3S/c1-14(2)15(12-8-9-19(17,18)10-12)13(16)11-6-4-3-5-7-11/h3-7,12H,8-10H2,1-2H3. The van der Waals surface area contributed by atoms with Gasteiger partial charge >= 0.3 is 0 Å². The molecule has 0 N–H and O–H groups in total. The van der Waals surface area contributed by atoms with Gasteiger partial charge in [-0.3, -0.25) is 9.80 Å². The largest absolute Gasteiger partial charge is 0.268 e. The molecule has 1 aliphatic rings. The van der Waals surface area contributed by atoms with Crippen molar-refractivity contribution in [3.63, 3.8) is 0 Å². The zero-order chi connectivity index (χ0) is 14.0. The molecule has 6 heteroatoms. The van der Waals surface area contributed by atoms with Crippen LogP contribution in [-0.2, 0) is 9.84 Å². The van der Waals surface area contributed by atoms with Gasteiger partial charge in [0.15, 0.2) is 9.84 Å². The Hall–Kier alpha value is -1.40. The number of amides is 1. The molecule has 0 spiro atoms. The van der Waals surface area contributed by atoms with Crippen molar-refractivity contribution in [2.45, 2.75) is 12.5 Å². The van der Waals surface area contributed by atoms with Gasteiger partial charge in [-0.1, -0.05) is 18.2 Å². The molecule has 1 aromatic rings. The van der Waals surface area contributed by atoms with E-state index < -0.39 is 9.84 Å². The first-order chi connectivity index (χ1) is 8.91. The number of nitrogens with zero attached hydrogens (tertiary/aromatic N) is 2. The summed E-state index contributed by atoms with van der Waals surface area (Å²) < 4.78 is 23.1. The summed E-state index contributed by atoms with van der Waals surface area (Å²) in [7, 11) is 0.501. The van der Waals surface area contributed by atoms with E-state index in [0.29, 0.717) is 12.0 Å². The van der Waals surface area contributed by atoms with Gasteiger partial charge in [0, 0.05) is 19.7 Å². The van der Waals surface area contributed by atoms with E-state index in [1.165, 1.54) is 0 Å². The highest BCUT2D eigenvalue weighted by molar-refractivity contribution is 7.91. The summed E-state index contributed by atoms with van der Waals surface area (Å²) in [5.74, 6) is 0.0427. The van der Waals surface area contributed by atoms with Crippen molar-refractivity contribution >= 4 is 15.7 Å². The predicted molar refractivity (Wildman–Crippen MR) is 73.4 cm³/mol. The second kappa shape index (κ2) is 5.30. The third-order valence-corrected chi connectivity index (χ3v) is 4.96. The SMILES string of the molecule is CN(C)N(C(=O)c1ccccc1)C1CCS(=O)(=O)C1. The third-order valence-electron chi connectivity index (χ3n) is 3.21. The average Bonchev–Trinajstić information content (AvgIpc) is 2.70.